The number of nitrogens with one attached hydrogen (secondary N) is 1. The Kier molecular flexibility index (Phi) is 4.28. The van der Waals surface area contributed by atoms with E-state index in [9.17, 15) is 18.0 Å². The molecule has 2 nitrogen and oxygen atoms in total. The number of halogens is 3. The zero-order valence-electron chi connectivity index (χ0n) is 11.4. The molecule has 1 N–H and O–H groups in total. The fourth-order valence-electron chi connectivity index (χ4n) is 1.56. The van der Waals surface area contributed by atoms with Gasteiger partial charge in [-0.3, -0.25) is 0 Å². The Morgan fingerprint density at radius 3 is 2.16 bits per heavy atom. The largest absolute Gasteiger partial charge is 0.375 e. The molecule has 0 aliphatic rings. The highest BCUT2D eigenvalue weighted by Crippen LogP contribution is 2.31. The summed E-state index contributed by atoms with van der Waals surface area (Å²) >= 11 is 0. The second-order valence-electron chi connectivity index (χ2n) is 5.74. The van der Waals surface area contributed by atoms with Crippen LogP contribution in [0.5, 0.6) is 0 Å². The van der Waals surface area contributed by atoms with Crippen molar-refractivity contribution < 1.29 is 18.0 Å². The molecule has 0 fully saturated rings. The molecule has 1 atom stereocenters. The van der Waals surface area contributed by atoms with E-state index in [1.807, 2.05) is 20.8 Å². The van der Waals surface area contributed by atoms with Crippen LogP contribution in [0, 0.1) is 11.2 Å². The van der Waals surface area contributed by atoms with E-state index in [2.05, 4.69) is 5.32 Å². The van der Waals surface area contributed by atoms with Gasteiger partial charge in [-0.05, 0) is 23.6 Å². The highest BCUT2D eigenvalue weighted by atomic mass is 19.3. The van der Waals surface area contributed by atoms with Crippen molar-refractivity contribution in [2.24, 2.45) is 5.41 Å². The molecule has 0 bridgehead atoms. The van der Waals surface area contributed by atoms with Gasteiger partial charge in [0.15, 0.2) is 0 Å². The van der Waals surface area contributed by atoms with Crippen LogP contribution in [0.15, 0.2) is 18.2 Å². The van der Waals surface area contributed by atoms with Gasteiger partial charge in [-0.15, -0.1) is 0 Å². The van der Waals surface area contributed by atoms with Gasteiger partial charge in [0.25, 0.3) is 5.92 Å². The third kappa shape index (κ3) is 4.26. The lowest BCUT2D eigenvalue weighted by Gasteiger charge is -2.28. The number of hydrogen-bond donors (Lipinski definition) is 1. The Hall–Kier alpha value is -1.52. The summed E-state index contributed by atoms with van der Waals surface area (Å²) in [5.41, 5.74) is -0.653. The molecule has 0 aromatic heterocycles. The van der Waals surface area contributed by atoms with Gasteiger partial charge in [-0.1, -0.05) is 20.8 Å². The molecule has 0 saturated heterocycles. The third-order valence-corrected chi connectivity index (χ3v) is 2.80. The topological polar surface area (TPSA) is 29.1 Å². The van der Waals surface area contributed by atoms with Crippen LogP contribution in [0.2, 0.25) is 0 Å². The summed E-state index contributed by atoms with van der Waals surface area (Å²) in [5.74, 6) is -3.89. The van der Waals surface area contributed by atoms with Crippen molar-refractivity contribution in [2.75, 3.05) is 5.32 Å². The molecule has 19 heavy (non-hydrogen) atoms. The molecule has 1 rings (SSSR count). The minimum Gasteiger partial charge on any atom is -0.375 e. The summed E-state index contributed by atoms with van der Waals surface area (Å²) in [6, 6.07) is 2.45. The Morgan fingerprint density at radius 2 is 1.74 bits per heavy atom. The summed E-state index contributed by atoms with van der Waals surface area (Å²) in [7, 11) is 0. The van der Waals surface area contributed by atoms with Crippen molar-refractivity contribution in [1.82, 2.24) is 0 Å². The van der Waals surface area contributed by atoms with Crippen LogP contribution in [-0.4, -0.2) is 12.3 Å². The van der Waals surface area contributed by atoms with E-state index in [-0.39, 0.29) is 5.69 Å². The van der Waals surface area contributed by atoms with Crippen LogP contribution >= 0.6 is 0 Å². The molecule has 0 aliphatic heterocycles. The SMILES string of the molecule is CC(F)(F)c1cc(F)cc(NC(C=O)C(C)(C)C)c1. The fraction of sp³-hybridized carbons (Fsp3) is 0.500. The number of carbonyl (C=O) groups is 1. The summed E-state index contributed by atoms with van der Waals surface area (Å²) in [6.07, 6.45) is 0.689. The van der Waals surface area contributed by atoms with Gasteiger partial charge in [-0.2, -0.15) is 0 Å². The predicted molar refractivity (Wildman–Crippen MR) is 68.9 cm³/mol. The minimum absolute atomic E-state index is 0.170. The fourth-order valence-corrected chi connectivity index (χ4v) is 1.56. The first-order valence-electron chi connectivity index (χ1n) is 5.95. The van der Waals surface area contributed by atoms with E-state index in [0.29, 0.717) is 13.2 Å². The van der Waals surface area contributed by atoms with E-state index >= 15 is 0 Å². The van der Waals surface area contributed by atoms with Crippen LogP contribution < -0.4 is 5.32 Å². The summed E-state index contributed by atoms with van der Waals surface area (Å²) < 4.78 is 39.8. The van der Waals surface area contributed by atoms with Crippen LogP contribution in [0.25, 0.3) is 0 Å². The molecule has 0 radical (unpaired) electrons. The quantitative estimate of drug-likeness (QED) is 0.841. The van der Waals surface area contributed by atoms with Gasteiger partial charge in [0, 0.05) is 18.2 Å². The third-order valence-electron chi connectivity index (χ3n) is 2.80. The molecule has 1 unspecified atom stereocenters. The first-order valence-corrected chi connectivity index (χ1v) is 5.95. The number of rotatable bonds is 4. The van der Waals surface area contributed by atoms with Gasteiger partial charge in [0.2, 0.25) is 0 Å². The number of carbonyl (C=O) groups excluding carboxylic acids is 1. The normalized spacial score (nSPS) is 14.1. The monoisotopic (exact) mass is 273 g/mol. The number of benzene rings is 1. The molecule has 0 heterocycles. The molecule has 1 aromatic carbocycles. The van der Waals surface area contributed by atoms with E-state index in [4.69, 9.17) is 0 Å². The van der Waals surface area contributed by atoms with Gasteiger partial charge >= 0.3 is 0 Å². The second kappa shape index (κ2) is 5.23. The molecule has 0 saturated carbocycles. The van der Waals surface area contributed by atoms with Crippen molar-refractivity contribution in [3.05, 3.63) is 29.6 Å². The molecule has 5 heteroatoms. The lowest BCUT2D eigenvalue weighted by atomic mass is 9.87. The van der Waals surface area contributed by atoms with Gasteiger partial charge < -0.3 is 10.1 Å². The predicted octanol–water partition coefficient (Wildman–Crippen LogP) is 3.96. The Morgan fingerprint density at radius 1 is 1.16 bits per heavy atom. The summed E-state index contributed by atoms with van der Waals surface area (Å²) in [4.78, 5) is 11.0. The van der Waals surface area contributed by atoms with Crippen LogP contribution in [0.3, 0.4) is 0 Å². The highest BCUT2D eigenvalue weighted by Gasteiger charge is 2.27. The molecule has 0 spiro atoms. The molecule has 0 aliphatic carbocycles. The minimum atomic E-state index is -3.13. The van der Waals surface area contributed by atoms with Crippen molar-refractivity contribution in [2.45, 2.75) is 39.7 Å². The number of alkyl halides is 2. The molecular formula is C14H18F3NO. The maximum atomic E-state index is 13.3. The van der Waals surface area contributed by atoms with E-state index in [0.717, 1.165) is 18.2 Å². The highest BCUT2D eigenvalue weighted by molar-refractivity contribution is 5.66. The average Bonchev–Trinajstić information content (AvgIpc) is 2.22. The Balaban J connectivity index is 3.08. The zero-order chi connectivity index (χ0) is 14.8. The Bertz CT molecular complexity index is 461. The molecule has 1 aromatic rings. The van der Waals surface area contributed by atoms with Gasteiger partial charge in [0.1, 0.15) is 12.1 Å². The lowest BCUT2D eigenvalue weighted by Crippen LogP contribution is -2.35. The maximum Gasteiger partial charge on any atom is 0.270 e. The van der Waals surface area contributed by atoms with Crippen LogP contribution in [0.1, 0.15) is 33.3 Å². The first-order chi connectivity index (χ1) is 8.54. The average molecular weight is 273 g/mol. The van der Waals surface area contributed by atoms with Gasteiger partial charge in [0.05, 0.1) is 6.04 Å². The van der Waals surface area contributed by atoms with Crippen molar-refractivity contribution in [3.63, 3.8) is 0 Å². The van der Waals surface area contributed by atoms with E-state index in [1.165, 1.54) is 0 Å². The van der Waals surface area contributed by atoms with E-state index in [1.54, 1.807) is 0 Å². The molecular weight excluding hydrogens is 255 g/mol. The molecule has 0 amide bonds. The van der Waals surface area contributed by atoms with Crippen LogP contribution in [0.4, 0.5) is 18.9 Å². The van der Waals surface area contributed by atoms with Crippen molar-refractivity contribution in [3.8, 4) is 0 Å². The van der Waals surface area contributed by atoms with Gasteiger partial charge in [-0.25, -0.2) is 13.2 Å². The van der Waals surface area contributed by atoms with E-state index < -0.39 is 28.8 Å². The zero-order valence-corrected chi connectivity index (χ0v) is 11.4. The standard InChI is InChI=1S/C14H18F3NO/c1-13(2,3)12(8-19)18-11-6-9(14(4,16)17)5-10(15)7-11/h5-8,12,18H,1-4H3. The smallest absolute Gasteiger partial charge is 0.270 e. The summed E-state index contributed by atoms with van der Waals surface area (Å²) in [6.45, 7) is 6.18. The number of aldehydes is 1. The lowest BCUT2D eigenvalue weighted by molar-refractivity contribution is -0.110. The number of anilines is 1. The first kappa shape index (κ1) is 15.5. The second-order valence-corrected chi connectivity index (χ2v) is 5.74. The molecule has 106 valence electrons. The van der Waals surface area contributed by atoms with Crippen molar-refractivity contribution in [1.29, 1.82) is 0 Å². The van der Waals surface area contributed by atoms with Crippen LogP contribution in [-0.2, 0) is 10.7 Å². The van der Waals surface area contributed by atoms with Crippen molar-refractivity contribution >= 4 is 12.0 Å². The Labute approximate surface area is 111 Å². The summed E-state index contributed by atoms with van der Waals surface area (Å²) in [5, 5.41) is 2.78. The number of hydrogen-bond acceptors (Lipinski definition) is 2. The maximum absolute atomic E-state index is 13.3.